The van der Waals surface area contributed by atoms with Gasteiger partial charge in [-0.3, -0.25) is 10.2 Å². The number of alkyl halides is 4. The minimum atomic E-state index is -5.23. The number of hydrogen-bond acceptors (Lipinski definition) is 11. The monoisotopic (exact) mass is 823 g/mol. The van der Waals surface area contributed by atoms with Crippen molar-refractivity contribution in [3.05, 3.63) is 28.8 Å². The Hall–Kier alpha value is -4.81. The summed E-state index contributed by atoms with van der Waals surface area (Å²) < 4.78 is 116. The van der Waals surface area contributed by atoms with Crippen molar-refractivity contribution in [2.24, 2.45) is 0 Å². The highest BCUT2D eigenvalue weighted by atomic mass is 19.4. The number of fused-ring (bicyclic) bond motifs is 3. The molecule has 3 saturated heterocycles. The molecule has 0 radical (unpaired) electrons. The predicted molar refractivity (Wildman–Crippen MR) is 200 cm³/mol. The van der Waals surface area contributed by atoms with Gasteiger partial charge in [0, 0.05) is 38.2 Å². The Morgan fingerprint density at radius 3 is 2.36 bits per heavy atom. The van der Waals surface area contributed by atoms with Crippen molar-refractivity contribution >= 4 is 34.6 Å². The van der Waals surface area contributed by atoms with Crippen LogP contribution in [0.1, 0.15) is 78.9 Å². The van der Waals surface area contributed by atoms with Crippen molar-refractivity contribution in [1.82, 2.24) is 24.8 Å². The molecule has 0 saturated carbocycles. The minimum Gasteiger partial charge on any atom is -0.472 e. The van der Waals surface area contributed by atoms with Gasteiger partial charge in [-0.05, 0) is 86.4 Å². The Labute approximate surface area is 331 Å². The quantitative estimate of drug-likeness (QED) is 0.253. The molecular formula is C39H47F6N7O6. The van der Waals surface area contributed by atoms with Crippen molar-refractivity contribution in [3.8, 4) is 23.1 Å². The highest BCUT2D eigenvalue weighted by Gasteiger charge is 2.50. The molecule has 3 aromatic rings. The number of ether oxygens (including phenoxy) is 4. The summed E-state index contributed by atoms with van der Waals surface area (Å²) >= 11 is 0. The summed E-state index contributed by atoms with van der Waals surface area (Å²) in [7, 11) is 0. The Bertz CT molecular complexity index is 2140. The molecule has 19 heteroatoms. The number of carbonyl (C=O) groups is 2. The fourth-order valence-corrected chi connectivity index (χ4v) is 8.36. The highest BCUT2D eigenvalue weighted by Crippen LogP contribution is 2.47. The zero-order valence-electron chi connectivity index (χ0n) is 33.6. The van der Waals surface area contributed by atoms with Gasteiger partial charge in [0.05, 0.1) is 22.8 Å². The summed E-state index contributed by atoms with van der Waals surface area (Å²) in [4.78, 5) is 44.6. The van der Waals surface area contributed by atoms with E-state index in [0.717, 1.165) is 13.3 Å². The fourth-order valence-electron chi connectivity index (χ4n) is 8.36. The summed E-state index contributed by atoms with van der Waals surface area (Å²) in [5.74, 6) is -2.98. The average Bonchev–Trinajstić information content (AvgIpc) is 3.59. The number of rotatable bonds is 5. The average molecular weight is 824 g/mol. The number of carbonyl (C=O) groups excluding carboxylic acids is 2. The Morgan fingerprint density at radius 1 is 0.983 bits per heavy atom. The van der Waals surface area contributed by atoms with Gasteiger partial charge in [0.15, 0.2) is 5.82 Å². The Balaban J connectivity index is 1.39. The number of piperazine rings is 1. The summed E-state index contributed by atoms with van der Waals surface area (Å²) in [6.45, 7) is 13.6. The number of benzene rings is 1. The molecule has 3 fully saturated rings. The molecule has 0 aliphatic carbocycles. The van der Waals surface area contributed by atoms with Crippen LogP contribution in [0.3, 0.4) is 0 Å². The van der Waals surface area contributed by atoms with Gasteiger partial charge in [0.1, 0.15) is 58.3 Å². The van der Waals surface area contributed by atoms with Crippen molar-refractivity contribution in [2.45, 2.75) is 116 Å². The third-order valence-corrected chi connectivity index (χ3v) is 10.8. The van der Waals surface area contributed by atoms with E-state index in [1.165, 1.54) is 4.90 Å². The van der Waals surface area contributed by atoms with E-state index in [2.05, 4.69) is 15.3 Å². The number of nitrogens with one attached hydrogen (secondary N) is 1. The first-order chi connectivity index (χ1) is 26.9. The third kappa shape index (κ3) is 7.85. The van der Waals surface area contributed by atoms with Crippen LogP contribution in [0.15, 0.2) is 6.07 Å². The zero-order valence-corrected chi connectivity index (χ0v) is 33.6. The summed E-state index contributed by atoms with van der Waals surface area (Å²) in [5.41, 5.74) is -7.99. The Kier molecular flexibility index (Phi) is 10.3. The number of hydrogen-bond donors (Lipinski definition) is 1. The number of anilines is 2. The van der Waals surface area contributed by atoms with Crippen molar-refractivity contribution in [1.29, 1.82) is 0 Å². The largest absolute Gasteiger partial charge is 0.472 e. The van der Waals surface area contributed by atoms with E-state index < -0.39 is 98.6 Å². The lowest BCUT2D eigenvalue weighted by Gasteiger charge is -2.43. The first-order valence-corrected chi connectivity index (χ1v) is 19.2. The smallest absolute Gasteiger partial charge is 0.417 e. The van der Waals surface area contributed by atoms with Crippen LogP contribution in [0.25, 0.3) is 22.2 Å². The van der Waals surface area contributed by atoms with Gasteiger partial charge in [-0.2, -0.15) is 23.1 Å². The highest BCUT2D eigenvalue weighted by molar-refractivity contribution is 5.98. The maximum absolute atomic E-state index is 17.3. The first-order valence-electron chi connectivity index (χ1n) is 19.2. The topological polar surface area (TPSA) is 131 Å². The van der Waals surface area contributed by atoms with Crippen LogP contribution in [0.2, 0.25) is 0 Å². The summed E-state index contributed by atoms with van der Waals surface area (Å²) in [5, 5.41) is 2.07. The molecule has 2 aromatic heterocycles. The molecular weight excluding hydrogens is 776 g/mol. The number of pyridine rings is 1. The van der Waals surface area contributed by atoms with Gasteiger partial charge in [-0.1, -0.05) is 0 Å². The molecule has 1 N–H and O–H groups in total. The molecule has 7 rings (SSSR count). The summed E-state index contributed by atoms with van der Waals surface area (Å²) in [6, 6.07) is -0.334. The van der Waals surface area contributed by atoms with Crippen molar-refractivity contribution in [2.75, 3.05) is 49.5 Å². The van der Waals surface area contributed by atoms with Crippen molar-refractivity contribution < 1.29 is 54.9 Å². The van der Waals surface area contributed by atoms with E-state index in [1.807, 2.05) is 4.90 Å². The molecule has 4 aliphatic heterocycles. The van der Waals surface area contributed by atoms with E-state index in [1.54, 1.807) is 53.4 Å². The standard InChI is InChI=1S/C39H47F6N7O6/c1-19-26(39(43,44)45)22(14-23(27(19)41)46-34(53)57-36(3,4)5)29-28(42)30-25-31(49-33(48-30)55-18-38-10-9-11-51(38)16-21(40)15-38)52-13-12-50(35(54)58-37(6,7)8)17-24(52)20(2)56-32(25)47-29/h14,20-21,24H,9-13,15-18H2,1-8H3,(H,46,53)/t20-,21+,24-,38-/m0/s1. The van der Waals surface area contributed by atoms with Gasteiger partial charge in [0.25, 0.3) is 0 Å². The second-order valence-electron chi connectivity index (χ2n) is 17.4. The summed E-state index contributed by atoms with van der Waals surface area (Å²) in [6.07, 6.45) is -7.19. The number of aromatic nitrogens is 3. The second-order valence-corrected chi connectivity index (χ2v) is 17.4. The van der Waals surface area contributed by atoms with Crippen LogP contribution >= 0.6 is 0 Å². The van der Waals surface area contributed by atoms with Gasteiger partial charge >= 0.3 is 24.4 Å². The molecule has 4 aliphatic rings. The molecule has 1 aromatic carbocycles. The van der Waals surface area contributed by atoms with Gasteiger partial charge < -0.3 is 28.7 Å². The number of halogens is 6. The maximum Gasteiger partial charge on any atom is 0.417 e. The lowest BCUT2D eigenvalue weighted by atomic mass is 9.95. The van der Waals surface area contributed by atoms with E-state index in [9.17, 15) is 27.2 Å². The number of nitrogens with zero attached hydrogens (tertiary/aromatic N) is 6. The van der Waals surface area contributed by atoms with E-state index in [4.69, 9.17) is 23.9 Å². The molecule has 0 spiro atoms. The lowest BCUT2D eigenvalue weighted by molar-refractivity contribution is -0.137. The normalized spacial score (nSPS) is 23.6. The van der Waals surface area contributed by atoms with Crippen LogP contribution < -0.4 is 19.7 Å². The van der Waals surface area contributed by atoms with E-state index in [0.29, 0.717) is 19.0 Å². The van der Waals surface area contributed by atoms with Crippen LogP contribution in [0, 0.1) is 18.6 Å². The molecule has 6 heterocycles. The van der Waals surface area contributed by atoms with Gasteiger partial charge in [0.2, 0.25) is 5.88 Å². The zero-order chi connectivity index (χ0) is 42.3. The molecule has 316 valence electrons. The third-order valence-electron chi connectivity index (χ3n) is 10.8. The van der Waals surface area contributed by atoms with Crippen LogP contribution in [0.5, 0.6) is 11.9 Å². The van der Waals surface area contributed by atoms with Crippen LogP contribution in [-0.2, 0) is 15.7 Å². The molecule has 0 bridgehead atoms. The Morgan fingerprint density at radius 2 is 1.69 bits per heavy atom. The molecule has 2 amide bonds. The molecule has 4 atom stereocenters. The SMILES string of the molecule is Cc1c(F)c(NC(=O)OC(C)(C)C)cc(-c2nc3c4c(nc(OC[C@@]56CCCN5C[C@H](F)C6)nc4c2F)N2CCN(C(=O)OC(C)(C)C)C[C@H]2[C@H](C)O3)c1C(F)(F)F. The molecule has 58 heavy (non-hydrogen) atoms. The van der Waals surface area contributed by atoms with Crippen LogP contribution in [0.4, 0.5) is 47.4 Å². The first kappa shape index (κ1) is 41.4. The predicted octanol–water partition coefficient (Wildman–Crippen LogP) is 7.81. The van der Waals surface area contributed by atoms with E-state index >= 15 is 8.78 Å². The van der Waals surface area contributed by atoms with Crippen LogP contribution in [-0.4, -0.2) is 111 Å². The van der Waals surface area contributed by atoms with Gasteiger partial charge in [-0.25, -0.2) is 27.7 Å². The molecule has 13 nitrogen and oxygen atoms in total. The minimum absolute atomic E-state index is 0.0391. The van der Waals surface area contributed by atoms with Crippen molar-refractivity contribution in [3.63, 3.8) is 0 Å². The van der Waals surface area contributed by atoms with Gasteiger partial charge in [-0.15, -0.1) is 0 Å². The lowest BCUT2D eigenvalue weighted by Crippen LogP contribution is -2.59. The molecule has 0 unspecified atom stereocenters. The second kappa shape index (κ2) is 14.5. The number of amides is 2. The maximum atomic E-state index is 17.3. The van der Waals surface area contributed by atoms with E-state index in [-0.39, 0.29) is 62.3 Å². The fraction of sp³-hybridized carbons (Fsp3) is 0.615.